The Morgan fingerprint density at radius 3 is 2.50 bits per heavy atom. The van der Waals surface area contributed by atoms with Gasteiger partial charge in [-0.1, -0.05) is 61.4 Å². The third kappa shape index (κ3) is 4.95. The molecule has 0 aliphatic heterocycles. The molecule has 0 atom stereocenters. The monoisotopic (exact) mass is 427 g/mol. The van der Waals surface area contributed by atoms with Crippen molar-refractivity contribution in [2.24, 2.45) is 0 Å². The molecule has 0 saturated carbocycles. The van der Waals surface area contributed by atoms with E-state index in [0.29, 0.717) is 17.5 Å². The second-order valence-corrected chi connectivity index (χ2v) is 8.45. The van der Waals surface area contributed by atoms with E-state index in [4.69, 9.17) is 9.84 Å². The Hall–Kier alpha value is -2.97. The Labute approximate surface area is 176 Å². The first-order chi connectivity index (χ1) is 14.5. The summed E-state index contributed by atoms with van der Waals surface area (Å²) in [6.45, 7) is 3.80. The van der Waals surface area contributed by atoms with Gasteiger partial charge in [-0.3, -0.25) is 4.72 Å². The number of aromatic nitrogens is 2. The van der Waals surface area contributed by atoms with Crippen molar-refractivity contribution in [3.63, 3.8) is 0 Å². The molecule has 0 fully saturated rings. The lowest BCUT2D eigenvalue weighted by atomic mass is 10.1. The van der Waals surface area contributed by atoms with Crippen LogP contribution in [0.15, 0.2) is 59.8 Å². The highest BCUT2D eigenvalue weighted by atomic mass is 32.2. The van der Waals surface area contributed by atoms with Gasteiger partial charge in [-0.15, -0.1) is 0 Å². The first-order valence-corrected chi connectivity index (χ1v) is 11.2. The number of aryl methyl sites for hydroxylation is 2. The van der Waals surface area contributed by atoms with E-state index in [1.54, 1.807) is 12.1 Å². The van der Waals surface area contributed by atoms with Crippen LogP contribution >= 0.6 is 0 Å². The Balaban J connectivity index is 2.08. The lowest BCUT2D eigenvalue weighted by Crippen LogP contribution is -2.17. The van der Waals surface area contributed by atoms with Crippen molar-refractivity contribution in [3.05, 3.63) is 66.0 Å². The summed E-state index contributed by atoms with van der Waals surface area (Å²) >= 11 is 0. The molecular weight excluding hydrogens is 402 g/mol. The van der Waals surface area contributed by atoms with Crippen LogP contribution in [0.1, 0.15) is 24.5 Å². The van der Waals surface area contributed by atoms with Crippen molar-refractivity contribution < 1.29 is 18.3 Å². The normalized spacial score (nSPS) is 11.3. The summed E-state index contributed by atoms with van der Waals surface area (Å²) in [5.41, 5.74) is 2.93. The van der Waals surface area contributed by atoms with Crippen LogP contribution in [0.3, 0.4) is 0 Å². The largest absolute Gasteiger partial charge is 0.475 e. The minimum atomic E-state index is -3.89. The fourth-order valence-corrected chi connectivity index (χ4v) is 4.40. The third-order valence-corrected chi connectivity index (χ3v) is 5.93. The maximum absolute atomic E-state index is 13.2. The van der Waals surface area contributed by atoms with Crippen LogP contribution in [-0.4, -0.2) is 36.7 Å². The van der Waals surface area contributed by atoms with Gasteiger partial charge in [-0.25, -0.2) is 18.4 Å². The summed E-state index contributed by atoms with van der Waals surface area (Å²) in [5.74, 6) is 0.315. The van der Waals surface area contributed by atoms with E-state index in [-0.39, 0.29) is 29.8 Å². The number of benzene rings is 2. The van der Waals surface area contributed by atoms with Gasteiger partial charge in [0.15, 0.2) is 5.82 Å². The zero-order chi connectivity index (χ0) is 21.6. The quantitative estimate of drug-likeness (QED) is 0.541. The summed E-state index contributed by atoms with van der Waals surface area (Å²) in [6.07, 6.45) is 2.71. The number of nitrogens with one attached hydrogen (secondary N) is 1. The molecule has 7 nitrogen and oxygen atoms in total. The molecule has 158 valence electrons. The molecular formula is C22H25N3O4S. The number of sulfonamides is 1. The van der Waals surface area contributed by atoms with Crippen LogP contribution in [0.2, 0.25) is 0 Å². The highest BCUT2D eigenvalue weighted by Gasteiger charge is 2.23. The topological polar surface area (TPSA) is 101 Å². The molecule has 30 heavy (non-hydrogen) atoms. The predicted molar refractivity (Wildman–Crippen MR) is 116 cm³/mol. The van der Waals surface area contributed by atoms with E-state index in [1.807, 2.05) is 50.2 Å². The number of hydrogen-bond acceptors (Lipinski definition) is 6. The van der Waals surface area contributed by atoms with Gasteiger partial charge in [0, 0.05) is 0 Å². The van der Waals surface area contributed by atoms with E-state index in [1.165, 1.54) is 6.33 Å². The summed E-state index contributed by atoms with van der Waals surface area (Å²) in [7, 11) is -3.89. The van der Waals surface area contributed by atoms with Crippen LogP contribution in [0.25, 0.3) is 11.1 Å². The van der Waals surface area contributed by atoms with Gasteiger partial charge in [0.1, 0.15) is 12.9 Å². The Morgan fingerprint density at radius 2 is 1.80 bits per heavy atom. The smallest absolute Gasteiger partial charge is 0.263 e. The second kappa shape index (κ2) is 9.69. The molecule has 2 aromatic carbocycles. The van der Waals surface area contributed by atoms with E-state index in [2.05, 4.69) is 14.7 Å². The van der Waals surface area contributed by atoms with E-state index in [0.717, 1.165) is 17.5 Å². The molecule has 0 saturated heterocycles. The van der Waals surface area contributed by atoms with Gasteiger partial charge >= 0.3 is 0 Å². The average Bonchev–Trinajstić information content (AvgIpc) is 2.73. The average molecular weight is 428 g/mol. The Morgan fingerprint density at radius 1 is 1.07 bits per heavy atom. The number of nitrogens with zero attached hydrogens (tertiary/aromatic N) is 2. The van der Waals surface area contributed by atoms with Crippen LogP contribution in [-0.2, 0) is 16.4 Å². The molecule has 0 aliphatic carbocycles. The predicted octanol–water partition coefficient (Wildman–Crippen LogP) is 3.58. The molecule has 3 aromatic rings. The van der Waals surface area contributed by atoms with Crippen LogP contribution in [0, 0.1) is 6.92 Å². The van der Waals surface area contributed by atoms with Gasteiger partial charge in [0.05, 0.1) is 17.1 Å². The molecule has 0 amide bonds. The van der Waals surface area contributed by atoms with Gasteiger partial charge in [0.25, 0.3) is 10.0 Å². The zero-order valence-electron chi connectivity index (χ0n) is 17.0. The number of aliphatic hydroxyl groups is 1. The number of hydrogen-bond donors (Lipinski definition) is 2. The molecule has 0 radical (unpaired) electrons. The highest BCUT2D eigenvalue weighted by molar-refractivity contribution is 7.92. The third-order valence-electron chi connectivity index (χ3n) is 4.50. The van der Waals surface area contributed by atoms with Crippen molar-refractivity contribution in [2.75, 3.05) is 17.9 Å². The SMILES string of the molecule is CCCc1ccccc1S(=O)(=O)Nc1ncnc(OCCO)c1-c1ccc(C)cc1. The summed E-state index contributed by atoms with van der Waals surface area (Å²) in [5, 5.41) is 9.13. The summed E-state index contributed by atoms with van der Waals surface area (Å²) < 4.78 is 34.6. The van der Waals surface area contributed by atoms with E-state index >= 15 is 0 Å². The van der Waals surface area contributed by atoms with Crippen LogP contribution in [0.5, 0.6) is 5.88 Å². The van der Waals surface area contributed by atoms with Crippen molar-refractivity contribution in [3.8, 4) is 17.0 Å². The van der Waals surface area contributed by atoms with Crippen molar-refractivity contribution in [1.29, 1.82) is 0 Å². The van der Waals surface area contributed by atoms with Crippen molar-refractivity contribution in [1.82, 2.24) is 9.97 Å². The number of aliphatic hydroxyl groups excluding tert-OH is 1. The molecule has 2 N–H and O–H groups in total. The highest BCUT2D eigenvalue weighted by Crippen LogP contribution is 2.35. The van der Waals surface area contributed by atoms with Gasteiger partial charge < -0.3 is 9.84 Å². The molecule has 3 rings (SSSR count). The minimum Gasteiger partial charge on any atom is -0.475 e. The Kier molecular flexibility index (Phi) is 7.02. The van der Waals surface area contributed by atoms with E-state index < -0.39 is 10.0 Å². The standard InChI is InChI=1S/C22H25N3O4S/c1-3-6-17-7-4-5-8-19(17)30(27,28)25-21-20(18-11-9-16(2)10-12-18)22(24-15-23-21)29-14-13-26/h4-5,7-12,15,26H,3,6,13-14H2,1-2H3,(H,23,24,25). The van der Waals surface area contributed by atoms with Crippen LogP contribution in [0.4, 0.5) is 5.82 Å². The van der Waals surface area contributed by atoms with Gasteiger partial charge in [-0.2, -0.15) is 0 Å². The summed E-state index contributed by atoms with van der Waals surface area (Å²) in [4.78, 5) is 8.56. The maximum atomic E-state index is 13.2. The zero-order valence-corrected chi connectivity index (χ0v) is 17.8. The first-order valence-electron chi connectivity index (χ1n) is 9.72. The lowest BCUT2D eigenvalue weighted by molar-refractivity contribution is 0.197. The van der Waals surface area contributed by atoms with E-state index in [9.17, 15) is 8.42 Å². The molecule has 1 heterocycles. The van der Waals surface area contributed by atoms with Crippen molar-refractivity contribution >= 4 is 15.8 Å². The number of anilines is 1. The minimum absolute atomic E-state index is 0.0292. The second-order valence-electron chi connectivity index (χ2n) is 6.80. The fraction of sp³-hybridized carbons (Fsp3) is 0.273. The maximum Gasteiger partial charge on any atom is 0.263 e. The van der Waals surface area contributed by atoms with Crippen molar-refractivity contribution in [2.45, 2.75) is 31.6 Å². The van der Waals surface area contributed by atoms with Crippen LogP contribution < -0.4 is 9.46 Å². The molecule has 1 aromatic heterocycles. The summed E-state index contributed by atoms with van der Waals surface area (Å²) in [6, 6.07) is 14.4. The molecule has 0 bridgehead atoms. The number of ether oxygens (including phenoxy) is 1. The molecule has 0 spiro atoms. The fourth-order valence-electron chi connectivity index (χ4n) is 3.10. The lowest BCUT2D eigenvalue weighted by Gasteiger charge is -2.16. The van der Waals surface area contributed by atoms with Gasteiger partial charge in [0.2, 0.25) is 5.88 Å². The Bertz CT molecular complexity index is 1100. The molecule has 0 aliphatic rings. The van der Waals surface area contributed by atoms with Gasteiger partial charge in [-0.05, 0) is 30.5 Å². The molecule has 8 heteroatoms. The first kappa shape index (κ1) is 21.7. The number of rotatable bonds is 9. The molecule has 0 unspecified atom stereocenters.